The van der Waals surface area contributed by atoms with Gasteiger partial charge in [0.15, 0.2) is 0 Å². The summed E-state index contributed by atoms with van der Waals surface area (Å²) in [4.78, 5) is 15.1. The Morgan fingerprint density at radius 3 is 2.65 bits per heavy atom. The molecule has 0 radical (unpaired) electrons. The molecule has 1 N–H and O–H groups in total. The highest BCUT2D eigenvalue weighted by Gasteiger charge is 2.14. The van der Waals surface area contributed by atoms with Gasteiger partial charge >= 0.3 is 5.97 Å². The molecule has 2 rings (SSSR count). The number of halogens is 1. The van der Waals surface area contributed by atoms with Crippen LogP contribution in [0, 0.1) is 6.92 Å². The lowest BCUT2D eigenvalue weighted by atomic mass is 10.0. The standard InChI is InChI=1S/C13H10ClNO2/c1-8-6-10(11(7-15-8)13(16)17)9-4-2-3-5-12(9)14/h2-7H,1H3,(H,16,17). The first-order chi connectivity index (χ1) is 8.09. The molecule has 1 aromatic heterocycles. The highest BCUT2D eigenvalue weighted by Crippen LogP contribution is 2.30. The molecule has 1 heterocycles. The molecule has 0 aliphatic heterocycles. The maximum Gasteiger partial charge on any atom is 0.337 e. The molecule has 0 spiro atoms. The third kappa shape index (κ3) is 2.29. The van der Waals surface area contributed by atoms with Crippen LogP contribution in [0.4, 0.5) is 0 Å². The average Bonchev–Trinajstić information content (AvgIpc) is 2.29. The maximum absolute atomic E-state index is 11.1. The van der Waals surface area contributed by atoms with Gasteiger partial charge in [-0.1, -0.05) is 29.8 Å². The van der Waals surface area contributed by atoms with Crippen molar-refractivity contribution in [3.05, 3.63) is 52.8 Å². The SMILES string of the molecule is Cc1cc(-c2ccccc2Cl)c(C(=O)O)cn1. The molecule has 0 unspecified atom stereocenters. The second-order valence-corrected chi connectivity index (χ2v) is 4.06. The van der Waals surface area contributed by atoms with Gasteiger partial charge in [-0.2, -0.15) is 0 Å². The average molecular weight is 248 g/mol. The van der Waals surface area contributed by atoms with Crippen molar-refractivity contribution in [3.63, 3.8) is 0 Å². The van der Waals surface area contributed by atoms with Gasteiger partial charge in [-0.3, -0.25) is 4.98 Å². The molecule has 2 aromatic rings. The van der Waals surface area contributed by atoms with E-state index >= 15 is 0 Å². The minimum absolute atomic E-state index is 0.156. The third-order valence-corrected chi connectivity index (χ3v) is 2.76. The number of aromatic carboxylic acids is 1. The Labute approximate surface area is 104 Å². The zero-order chi connectivity index (χ0) is 12.4. The van der Waals surface area contributed by atoms with E-state index in [2.05, 4.69) is 4.98 Å². The Hall–Kier alpha value is -1.87. The zero-order valence-electron chi connectivity index (χ0n) is 9.14. The molecule has 1 aromatic carbocycles. The first-order valence-corrected chi connectivity index (χ1v) is 5.42. The lowest BCUT2D eigenvalue weighted by Crippen LogP contribution is -2.01. The van der Waals surface area contributed by atoms with Crippen LogP contribution in [0.3, 0.4) is 0 Å². The quantitative estimate of drug-likeness (QED) is 0.885. The van der Waals surface area contributed by atoms with Crippen LogP contribution >= 0.6 is 11.6 Å². The Kier molecular flexibility index (Phi) is 3.11. The molecule has 0 bridgehead atoms. The normalized spacial score (nSPS) is 10.2. The molecule has 0 fully saturated rings. The summed E-state index contributed by atoms with van der Waals surface area (Å²) in [5, 5.41) is 9.65. The van der Waals surface area contributed by atoms with Crippen molar-refractivity contribution >= 4 is 17.6 Å². The van der Waals surface area contributed by atoms with E-state index in [1.54, 1.807) is 24.3 Å². The summed E-state index contributed by atoms with van der Waals surface area (Å²) in [5.74, 6) is -1.01. The van der Waals surface area contributed by atoms with Gasteiger partial charge in [0.2, 0.25) is 0 Å². The first kappa shape index (κ1) is 11.6. The van der Waals surface area contributed by atoms with Crippen molar-refractivity contribution in [2.45, 2.75) is 6.92 Å². The maximum atomic E-state index is 11.1. The summed E-state index contributed by atoms with van der Waals surface area (Å²) in [7, 11) is 0. The monoisotopic (exact) mass is 247 g/mol. The van der Waals surface area contributed by atoms with E-state index in [1.165, 1.54) is 6.20 Å². The molecule has 17 heavy (non-hydrogen) atoms. The summed E-state index contributed by atoms with van der Waals surface area (Å²) in [6, 6.07) is 8.88. The topological polar surface area (TPSA) is 50.2 Å². The van der Waals surface area contributed by atoms with E-state index in [4.69, 9.17) is 16.7 Å². The molecular weight excluding hydrogens is 238 g/mol. The zero-order valence-corrected chi connectivity index (χ0v) is 9.90. The number of benzene rings is 1. The molecule has 0 saturated heterocycles. The Morgan fingerprint density at radius 2 is 2.00 bits per heavy atom. The Morgan fingerprint density at radius 1 is 1.29 bits per heavy atom. The van der Waals surface area contributed by atoms with E-state index in [0.29, 0.717) is 16.1 Å². The number of aromatic nitrogens is 1. The van der Waals surface area contributed by atoms with E-state index in [1.807, 2.05) is 13.0 Å². The van der Waals surface area contributed by atoms with Gasteiger partial charge in [0.1, 0.15) is 0 Å². The van der Waals surface area contributed by atoms with Crippen molar-refractivity contribution in [2.24, 2.45) is 0 Å². The van der Waals surface area contributed by atoms with E-state index < -0.39 is 5.97 Å². The van der Waals surface area contributed by atoms with Gasteiger partial charge in [0.05, 0.1) is 5.56 Å². The number of carboxylic acids is 1. The van der Waals surface area contributed by atoms with Gasteiger partial charge in [-0.15, -0.1) is 0 Å². The number of carbonyl (C=O) groups is 1. The van der Waals surface area contributed by atoms with Crippen molar-refractivity contribution in [1.82, 2.24) is 4.98 Å². The summed E-state index contributed by atoms with van der Waals surface area (Å²) in [6.45, 7) is 1.81. The summed E-state index contributed by atoms with van der Waals surface area (Å²) >= 11 is 6.07. The second kappa shape index (κ2) is 4.55. The fourth-order valence-corrected chi connectivity index (χ4v) is 1.87. The molecule has 86 valence electrons. The van der Waals surface area contributed by atoms with Gasteiger partial charge in [-0.25, -0.2) is 4.79 Å². The molecule has 0 saturated carbocycles. The lowest BCUT2D eigenvalue weighted by molar-refractivity contribution is 0.0697. The number of aryl methyl sites for hydroxylation is 1. The molecule has 0 aliphatic rings. The van der Waals surface area contributed by atoms with E-state index in [9.17, 15) is 4.79 Å². The van der Waals surface area contributed by atoms with Crippen LogP contribution in [0.15, 0.2) is 36.5 Å². The minimum atomic E-state index is -1.01. The predicted molar refractivity (Wildman–Crippen MR) is 66.4 cm³/mol. The lowest BCUT2D eigenvalue weighted by Gasteiger charge is -2.08. The van der Waals surface area contributed by atoms with Crippen LogP contribution in [0.1, 0.15) is 16.1 Å². The number of hydrogen-bond acceptors (Lipinski definition) is 2. The molecule has 0 atom stereocenters. The fraction of sp³-hybridized carbons (Fsp3) is 0.0769. The smallest absolute Gasteiger partial charge is 0.337 e. The Bertz CT molecular complexity index is 581. The van der Waals surface area contributed by atoms with Crippen LogP contribution in [-0.4, -0.2) is 16.1 Å². The summed E-state index contributed by atoms with van der Waals surface area (Å²) in [5.41, 5.74) is 2.21. The summed E-state index contributed by atoms with van der Waals surface area (Å²) < 4.78 is 0. The van der Waals surface area contributed by atoms with Gasteiger partial charge in [0.25, 0.3) is 0 Å². The number of nitrogens with zero attached hydrogens (tertiary/aromatic N) is 1. The van der Waals surface area contributed by atoms with E-state index in [0.717, 1.165) is 5.69 Å². The Balaban J connectivity index is 2.70. The molecule has 0 amide bonds. The first-order valence-electron chi connectivity index (χ1n) is 5.04. The van der Waals surface area contributed by atoms with Crippen molar-refractivity contribution in [1.29, 1.82) is 0 Å². The van der Waals surface area contributed by atoms with Crippen LogP contribution in [0.5, 0.6) is 0 Å². The largest absolute Gasteiger partial charge is 0.478 e. The second-order valence-electron chi connectivity index (χ2n) is 3.66. The molecule has 4 heteroatoms. The number of pyridine rings is 1. The molecular formula is C13H10ClNO2. The number of hydrogen-bond donors (Lipinski definition) is 1. The number of rotatable bonds is 2. The molecule has 3 nitrogen and oxygen atoms in total. The van der Waals surface area contributed by atoms with Gasteiger partial charge < -0.3 is 5.11 Å². The number of carboxylic acid groups (broad SMARTS) is 1. The summed E-state index contributed by atoms with van der Waals surface area (Å²) in [6.07, 6.45) is 1.36. The third-order valence-electron chi connectivity index (χ3n) is 2.44. The predicted octanol–water partition coefficient (Wildman–Crippen LogP) is 3.41. The van der Waals surface area contributed by atoms with Crippen molar-refractivity contribution < 1.29 is 9.90 Å². The van der Waals surface area contributed by atoms with Crippen molar-refractivity contribution in [2.75, 3.05) is 0 Å². The fourth-order valence-electron chi connectivity index (χ4n) is 1.63. The van der Waals surface area contributed by atoms with Crippen molar-refractivity contribution in [3.8, 4) is 11.1 Å². The highest BCUT2D eigenvalue weighted by atomic mass is 35.5. The minimum Gasteiger partial charge on any atom is -0.478 e. The van der Waals surface area contributed by atoms with E-state index in [-0.39, 0.29) is 5.56 Å². The highest BCUT2D eigenvalue weighted by molar-refractivity contribution is 6.33. The van der Waals surface area contributed by atoms with Crippen LogP contribution in [0.25, 0.3) is 11.1 Å². The molecule has 0 aliphatic carbocycles. The van der Waals surface area contributed by atoms with Crippen LogP contribution in [-0.2, 0) is 0 Å². The van der Waals surface area contributed by atoms with Gasteiger partial charge in [0, 0.05) is 28.0 Å². The van der Waals surface area contributed by atoms with Crippen LogP contribution in [0.2, 0.25) is 5.02 Å². The van der Waals surface area contributed by atoms with Crippen LogP contribution < -0.4 is 0 Å². The van der Waals surface area contributed by atoms with Gasteiger partial charge in [-0.05, 0) is 19.1 Å².